The van der Waals surface area contributed by atoms with E-state index in [4.69, 9.17) is 9.47 Å². The van der Waals surface area contributed by atoms with Gasteiger partial charge in [0.15, 0.2) is 11.5 Å². The summed E-state index contributed by atoms with van der Waals surface area (Å²) in [5, 5.41) is 2.68. The molecule has 0 heterocycles. The SMILES string of the molecule is COc1ccc(NC(=O)C(Cc2ccccc2)NS(=O)(=O)c2ccccc2F)cc1OC. The first kappa shape index (κ1) is 23.2. The first-order chi connectivity index (χ1) is 15.3. The van der Waals surface area contributed by atoms with Crippen LogP contribution >= 0.6 is 0 Å². The van der Waals surface area contributed by atoms with E-state index < -0.39 is 32.7 Å². The second-order valence-electron chi connectivity index (χ2n) is 6.85. The number of sulfonamides is 1. The third-order valence-electron chi connectivity index (χ3n) is 4.67. The number of methoxy groups -OCH3 is 2. The van der Waals surface area contributed by atoms with Crippen molar-refractivity contribution < 1.29 is 27.1 Å². The van der Waals surface area contributed by atoms with Gasteiger partial charge in [-0.05, 0) is 36.2 Å². The molecule has 0 aliphatic heterocycles. The topological polar surface area (TPSA) is 93.7 Å². The first-order valence-electron chi connectivity index (χ1n) is 9.67. The molecule has 1 amide bonds. The lowest BCUT2D eigenvalue weighted by Crippen LogP contribution is -2.45. The maximum absolute atomic E-state index is 14.1. The third kappa shape index (κ3) is 5.63. The van der Waals surface area contributed by atoms with Crippen molar-refractivity contribution in [3.8, 4) is 11.5 Å². The summed E-state index contributed by atoms with van der Waals surface area (Å²) in [7, 11) is -1.35. The number of anilines is 1. The molecule has 0 bridgehead atoms. The zero-order valence-electron chi connectivity index (χ0n) is 17.5. The molecule has 0 saturated heterocycles. The number of carbonyl (C=O) groups is 1. The van der Waals surface area contributed by atoms with Gasteiger partial charge in [0.05, 0.1) is 14.2 Å². The number of amides is 1. The first-order valence-corrected chi connectivity index (χ1v) is 11.2. The quantitative estimate of drug-likeness (QED) is 0.513. The molecule has 3 aromatic rings. The van der Waals surface area contributed by atoms with Crippen molar-refractivity contribution in [2.75, 3.05) is 19.5 Å². The lowest BCUT2D eigenvalue weighted by molar-refractivity contribution is -0.117. The molecule has 1 unspecified atom stereocenters. The summed E-state index contributed by atoms with van der Waals surface area (Å²) in [4.78, 5) is 12.5. The summed E-state index contributed by atoms with van der Waals surface area (Å²) in [5.41, 5.74) is 1.12. The van der Waals surface area contributed by atoms with Crippen LogP contribution in [0.3, 0.4) is 0 Å². The molecule has 0 saturated carbocycles. The number of benzene rings is 3. The fourth-order valence-corrected chi connectivity index (χ4v) is 4.37. The Bertz CT molecular complexity index is 1190. The summed E-state index contributed by atoms with van der Waals surface area (Å²) in [6.07, 6.45) is 0.0631. The highest BCUT2D eigenvalue weighted by molar-refractivity contribution is 7.89. The Hall–Kier alpha value is -3.43. The second-order valence-corrected chi connectivity index (χ2v) is 8.54. The smallest absolute Gasteiger partial charge is 0.244 e. The van der Waals surface area contributed by atoms with E-state index in [9.17, 15) is 17.6 Å². The lowest BCUT2D eigenvalue weighted by Gasteiger charge is -2.19. The van der Waals surface area contributed by atoms with Crippen LogP contribution in [-0.4, -0.2) is 34.6 Å². The standard InChI is InChI=1S/C23H23FN2O5S/c1-30-20-13-12-17(15-21(20)31-2)25-23(27)19(14-16-8-4-3-5-9-16)26-32(28,29)22-11-7-6-10-18(22)24/h3-13,15,19,26H,14H2,1-2H3,(H,25,27). The van der Waals surface area contributed by atoms with E-state index in [0.29, 0.717) is 17.2 Å². The predicted octanol–water partition coefficient (Wildman–Crippen LogP) is 3.37. The number of carbonyl (C=O) groups excluding carboxylic acids is 1. The Balaban J connectivity index is 1.89. The van der Waals surface area contributed by atoms with Crippen molar-refractivity contribution in [3.05, 3.63) is 84.2 Å². The van der Waals surface area contributed by atoms with Gasteiger partial charge in [0.2, 0.25) is 15.9 Å². The molecular weight excluding hydrogens is 435 g/mol. The van der Waals surface area contributed by atoms with E-state index in [0.717, 1.165) is 17.7 Å². The molecule has 0 fully saturated rings. The molecule has 3 rings (SSSR count). The van der Waals surface area contributed by atoms with E-state index in [1.54, 1.807) is 42.5 Å². The van der Waals surface area contributed by atoms with E-state index >= 15 is 0 Å². The zero-order valence-corrected chi connectivity index (χ0v) is 18.4. The van der Waals surface area contributed by atoms with Crippen molar-refractivity contribution in [2.24, 2.45) is 0 Å². The minimum Gasteiger partial charge on any atom is -0.493 e. The maximum Gasteiger partial charge on any atom is 0.244 e. The zero-order chi connectivity index (χ0) is 23.1. The number of halogens is 1. The van der Waals surface area contributed by atoms with Crippen molar-refractivity contribution in [1.29, 1.82) is 0 Å². The highest BCUT2D eigenvalue weighted by Crippen LogP contribution is 2.30. The maximum atomic E-state index is 14.1. The van der Waals surface area contributed by atoms with E-state index in [1.165, 1.54) is 26.4 Å². The van der Waals surface area contributed by atoms with Gasteiger partial charge in [-0.3, -0.25) is 4.79 Å². The van der Waals surface area contributed by atoms with Crippen LogP contribution in [0.15, 0.2) is 77.7 Å². The van der Waals surface area contributed by atoms with Crippen LogP contribution in [-0.2, 0) is 21.2 Å². The van der Waals surface area contributed by atoms with Gasteiger partial charge in [-0.25, -0.2) is 12.8 Å². The van der Waals surface area contributed by atoms with Crippen LogP contribution in [0.25, 0.3) is 0 Å². The average molecular weight is 459 g/mol. The molecule has 168 valence electrons. The normalized spacial score (nSPS) is 12.1. The van der Waals surface area contributed by atoms with Crippen molar-refractivity contribution >= 4 is 21.6 Å². The minimum absolute atomic E-state index is 0.0631. The summed E-state index contributed by atoms with van der Waals surface area (Å²) < 4.78 is 52.5. The van der Waals surface area contributed by atoms with Gasteiger partial charge in [-0.2, -0.15) is 4.72 Å². The number of rotatable bonds is 9. The van der Waals surface area contributed by atoms with E-state index in [-0.39, 0.29) is 6.42 Å². The molecule has 3 aromatic carbocycles. The fourth-order valence-electron chi connectivity index (χ4n) is 3.09. The lowest BCUT2D eigenvalue weighted by atomic mass is 10.1. The molecule has 32 heavy (non-hydrogen) atoms. The van der Waals surface area contributed by atoms with Crippen LogP contribution in [0, 0.1) is 5.82 Å². The van der Waals surface area contributed by atoms with Crippen LogP contribution in [0.2, 0.25) is 0 Å². The summed E-state index contributed by atoms with van der Waals surface area (Å²) in [6, 6.07) is 17.5. The highest BCUT2D eigenvalue weighted by atomic mass is 32.2. The van der Waals surface area contributed by atoms with Crippen LogP contribution in [0.5, 0.6) is 11.5 Å². The van der Waals surface area contributed by atoms with Gasteiger partial charge in [-0.1, -0.05) is 42.5 Å². The Morgan fingerprint density at radius 3 is 2.25 bits per heavy atom. The minimum atomic E-state index is -4.30. The third-order valence-corrected chi connectivity index (χ3v) is 6.18. The number of ether oxygens (including phenoxy) is 2. The Labute approximate surface area is 186 Å². The van der Waals surface area contributed by atoms with Crippen molar-refractivity contribution in [3.63, 3.8) is 0 Å². The van der Waals surface area contributed by atoms with Crippen LogP contribution < -0.4 is 19.5 Å². The fraction of sp³-hybridized carbons (Fsp3) is 0.174. The van der Waals surface area contributed by atoms with E-state index in [1.807, 2.05) is 6.07 Å². The van der Waals surface area contributed by atoms with Gasteiger partial charge >= 0.3 is 0 Å². The van der Waals surface area contributed by atoms with E-state index in [2.05, 4.69) is 10.0 Å². The monoisotopic (exact) mass is 458 g/mol. The van der Waals surface area contributed by atoms with Gasteiger partial charge in [-0.15, -0.1) is 0 Å². The Morgan fingerprint density at radius 2 is 1.59 bits per heavy atom. The number of hydrogen-bond acceptors (Lipinski definition) is 5. The van der Waals surface area contributed by atoms with Crippen molar-refractivity contribution in [2.45, 2.75) is 17.4 Å². The molecule has 7 nitrogen and oxygen atoms in total. The van der Waals surface area contributed by atoms with Gasteiger partial charge < -0.3 is 14.8 Å². The van der Waals surface area contributed by atoms with Gasteiger partial charge in [0, 0.05) is 11.8 Å². The molecule has 0 aliphatic rings. The van der Waals surface area contributed by atoms with Gasteiger partial charge in [0.1, 0.15) is 16.8 Å². The Kier molecular flexibility index (Phi) is 7.45. The molecule has 0 aromatic heterocycles. The second kappa shape index (κ2) is 10.3. The molecule has 0 spiro atoms. The van der Waals surface area contributed by atoms with Crippen molar-refractivity contribution in [1.82, 2.24) is 4.72 Å². The van der Waals surface area contributed by atoms with Gasteiger partial charge in [0.25, 0.3) is 0 Å². The molecule has 9 heteroatoms. The van der Waals surface area contributed by atoms with Crippen LogP contribution in [0.4, 0.5) is 10.1 Å². The number of hydrogen-bond donors (Lipinski definition) is 2. The molecule has 0 aliphatic carbocycles. The molecular formula is C23H23FN2O5S. The number of nitrogens with one attached hydrogen (secondary N) is 2. The highest BCUT2D eigenvalue weighted by Gasteiger charge is 2.28. The predicted molar refractivity (Wildman–Crippen MR) is 119 cm³/mol. The summed E-state index contributed by atoms with van der Waals surface area (Å²) in [6.45, 7) is 0. The summed E-state index contributed by atoms with van der Waals surface area (Å²) in [5.74, 6) is -0.636. The largest absolute Gasteiger partial charge is 0.493 e. The van der Waals surface area contributed by atoms with Crippen LogP contribution in [0.1, 0.15) is 5.56 Å². The summed E-state index contributed by atoms with van der Waals surface area (Å²) >= 11 is 0. The molecule has 1 atom stereocenters. The molecule has 0 radical (unpaired) electrons. The molecule has 2 N–H and O–H groups in total. The average Bonchev–Trinajstić information content (AvgIpc) is 2.79. The Morgan fingerprint density at radius 1 is 0.938 bits per heavy atom.